The van der Waals surface area contributed by atoms with E-state index in [-0.39, 0.29) is 5.54 Å². The predicted octanol–water partition coefficient (Wildman–Crippen LogP) is 2.80. The molecule has 0 bridgehead atoms. The monoisotopic (exact) mass is 296 g/mol. The number of halogens is 1. The van der Waals surface area contributed by atoms with Gasteiger partial charge in [0, 0.05) is 10.0 Å². The number of nitrogens with two attached hydrogens (primary N) is 1. The molecule has 0 aliphatic carbocycles. The highest BCUT2D eigenvalue weighted by atomic mass is 79.9. The van der Waals surface area contributed by atoms with Crippen molar-refractivity contribution in [1.29, 1.82) is 0 Å². The fourth-order valence-electron chi connectivity index (χ4n) is 2.40. The maximum Gasteiger partial charge on any atom is 0.0181 e. The van der Waals surface area contributed by atoms with Crippen molar-refractivity contribution in [1.82, 2.24) is 4.90 Å². The van der Waals surface area contributed by atoms with E-state index in [0.29, 0.717) is 0 Å². The third-order valence-electron chi connectivity index (χ3n) is 3.78. The molecule has 0 amide bonds. The van der Waals surface area contributed by atoms with Gasteiger partial charge in [-0.2, -0.15) is 0 Å². The molecule has 0 aromatic heterocycles. The molecule has 3 heteroatoms. The molecule has 1 aromatic carbocycles. The van der Waals surface area contributed by atoms with Crippen molar-refractivity contribution in [3.63, 3.8) is 0 Å². The molecule has 2 nitrogen and oxygen atoms in total. The van der Waals surface area contributed by atoms with Gasteiger partial charge in [0.15, 0.2) is 0 Å². The number of likely N-dealkylation sites (tertiary alicyclic amines) is 1. The Morgan fingerprint density at radius 2 is 2.06 bits per heavy atom. The third-order valence-corrected chi connectivity index (χ3v) is 4.28. The largest absolute Gasteiger partial charge is 0.325 e. The van der Waals surface area contributed by atoms with E-state index in [2.05, 4.69) is 52.1 Å². The zero-order valence-corrected chi connectivity index (χ0v) is 12.0. The molecule has 17 heavy (non-hydrogen) atoms. The van der Waals surface area contributed by atoms with Crippen LogP contribution in [0.3, 0.4) is 0 Å². The quantitative estimate of drug-likeness (QED) is 0.929. The average Bonchev–Trinajstić information content (AvgIpc) is 2.31. The summed E-state index contributed by atoms with van der Waals surface area (Å²) in [5, 5.41) is 0. The minimum Gasteiger partial charge on any atom is -0.325 e. The Morgan fingerprint density at radius 1 is 1.35 bits per heavy atom. The minimum atomic E-state index is 0.0504. The molecule has 0 radical (unpaired) electrons. The minimum absolute atomic E-state index is 0.0504. The molecule has 2 rings (SSSR count). The Labute approximate surface area is 112 Å². The van der Waals surface area contributed by atoms with Gasteiger partial charge in [-0.15, -0.1) is 0 Å². The maximum atomic E-state index is 6.47. The summed E-state index contributed by atoms with van der Waals surface area (Å²) in [4.78, 5) is 2.37. The second-order valence-electron chi connectivity index (χ2n) is 5.30. The third kappa shape index (κ3) is 3.80. The number of benzene rings is 1. The van der Waals surface area contributed by atoms with Gasteiger partial charge < -0.3 is 10.6 Å². The first-order chi connectivity index (χ1) is 8.07. The summed E-state index contributed by atoms with van der Waals surface area (Å²) < 4.78 is 1.16. The molecule has 1 heterocycles. The lowest BCUT2D eigenvalue weighted by Gasteiger charge is -2.37. The van der Waals surface area contributed by atoms with Crippen LogP contribution in [-0.2, 0) is 6.42 Å². The molecule has 1 aliphatic heterocycles. The van der Waals surface area contributed by atoms with Crippen molar-refractivity contribution >= 4 is 15.9 Å². The van der Waals surface area contributed by atoms with E-state index in [1.807, 2.05) is 0 Å². The van der Waals surface area contributed by atoms with Crippen molar-refractivity contribution in [3.8, 4) is 0 Å². The highest BCUT2D eigenvalue weighted by molar-refractivity contribution is 9.10. The first kappa shape index (κ1) is 13.1. The Hall–Kier alpha value is -0.380. The Balaban J connectivity index is 1.89. The fourth-order valence-corrected chi connectivity index (χ4v) is 2.85. The molecule has 0 spiro atoms. The summed E-state index contributed by atoms with van der Waals surface area (Å²) in [6.07, 6.45) is 4.42. The smallest absolute Gasteiger partial charge is 0.0181 e. The van der Waals surface area contributed by atoms with Crippen LogP contribution in [0.5, 0.6) is 0 Å². The van der Waals surface area contributed by atoms with Crippen molar-refractivity contribution in [2.45, 2.75) is 31.2 Å². The second-order valence-corrected chi connectivity index (χ2v) is 6.21. The van der Waals surface area contributed by atoms with E-state index >= 15 is 0 Å². The molecule has 2 N–H and O–H groups in total. The van der Waals surface area contributed by atoms with Crippen molar-refractivity contribution in [2.75, 3.05) is 20.1 Å². The van der Waals surface area contributed by atoms with Crippen LogP contribution in [0, 0.1) is 0 Å². The van der Waals surface area contributed by atoms with Gasteiger partial charge >= 0.3 is 0 Å². The summed E-state index contributed by atoms with van der Waals surface area (Å²) in [6.45, 7) is 2.27. The maximum absolute atomic E-state index is 6.47. The van der Waals surface area contributed by atoms with Gasteiger partial charge in [-0.05, 0) is 63.5 Å². The van der Waals surface area contributed by atoms with E-state index in [1.165, 1.54) is 5.56 Å². The highest BCUT2D eigenvalue weighted by Gasteiger charge is 2.28. The topological polar surface area (TPSA) is 29.3 Å². The van der Waals surface area contributed by atoms with Gasteiger partial charge in [-0.25, -0.2) is 0 Å². The van der Waals surface area contributed by atoms with E-state index in [1.54, 1.807) is 0 Å². The van der Waals surface area contributed by atoms with Gasteiger partial charge in [-0.3, -0.25) is 0 Å². The Kier molecular flexibility index (Phi) is 4.23. The van der Waals surface area contributed by atoms with Crippen LogP contribution in [0.15, 0.2) is 28.7 Å². The van der Waals surface area contributed by atoms with Crippen molar-refractivity contribution < 1.29 is 0 Å². The van der Waals surface area contributed by atoms with Crippen molar-refractivity contribution in [3.05, 3.63) is 34.3 Å². The van der Waals surface area contributed by atoms with E-state index in [4.69, 9.17) is 5.73 Å². The number of piperidine rings is 1. The van der Waals surface area contributed by atoms with E-state index < -0.39 is 0 Å². The molecule has 0 atom stereocenters. The van der Waals surface area contributed by atoms with Crippen molar-refractivity contribution in [2.24, 2.45) is 5.73 Å². The molecule has 1 aromatic rings. The van der Waals surface area contributed by atoms with Gasteiger partial charge in [0.05, 0.1) is 0 Å². The van der Waals surface area contributed by atoms with E-state index in [0.717, 1.165) is 43.2 Å². The zero-order valence-electron chi connectivity index (χ0n) is 10.5. The van der Waals surface area contributed by atoms with Crippen LogP contribution in [0.2, 0.25) is 0 Å². The highest BCUT2D eigenvalue weighted by Crippen LogP contribution is 2.24. The van der Waals surface area contributed by atoms with Crippen LogP contribution in [0.25, 0.3) is 0 Å². The zero-order chi connectivity index (χ0) is 12.3. The molecule has 94 valence electrons. The van der Waals surface area contributed by atoms with Crippen LogP contribution >= 0.6 is 15.9 Å². The fraction of sp³-hybridized carbons (Fsp3) is 0.571. The molecular formula is C14H21BrN2. The normalized spacial score (nSPS) is 20.4. The van der Waals surface area contributed by atoms with Crippen LogP contribution in [-0.4, -0.2) is 30.6 Å². The first-order valence-electron chi connectivity index (χ1n) is 6.29. The van der Waals surface area contributed by atoms with E-state index in [9.17, 15) is 0 Å². The average molecular weight is 297 g/mol. The number of aryl methyl sites for hydroxylation is 1. The molecule has 1 fully saturated rings. The van der Waals surface area contributed by atoms with Gasteiger partial charge in [0.1, 0.15) is 0 Å². The Bertz CT molecular complexity index is 370. The molecular weight excluding hydrogens is 276 g/mol. The summed E-state index contributed by atoms with van der Waals surface area (Å²) >= 11 is 3.51. The van der Waals surface area contributed by atoms with Gasteiger partial charge in [0.25, 0.3) is 0 Å². The lowest BCUT2D eigenvalue weighted by atomic mass is 9.83. The number of nitrogens with zero attached hydrogens (tertiary/aromatic N) is 1. The van der Waals surface area contributed by atoms with Gasteiger partial charge in [0.2, 0.25) is 0 Å². The summed E-state index contributed by atoms with van der Waals surface area (Å²) in [5.41, 5.74) is 7.90. The Morgan fingerprint density at radius 3 is 2.71 bits per heavy atom. The molecule has 0 saturated carbocycles. The van der Waals surface area contributed by atoms with Crippen LogP contribution < -0.4 is 5.73 Å². The van der Waals surface area contributed by atoms with Gasteiger partial charge in [-0.1, -0.05) is 28.1 Å². The van der Waals surface area contributed by atoms with Crippen LogP contribution in [0.4, 0.5) is 0 Å². The van der Waals surface area contributed by atoms with Crippen LogP contribution in [0.1, 0.15) is 24.8 Å². The number of hydrogen-bond acceptors (Lipinski definition) is 2. The summed E-state index contributed by atoms with van der Waals surface area (Å²) in [7, 11) is 2.17. The molecule has 0 unspecified atom stereocenters. The second kappa shape index (κ2) is 5.51. The lowest BCUT2D eigenvalue weighted by Crippen LogP contribution is -2.49. The number of rotatable bonds is 3. The lowest BCUT2D eigenvalue weighted by molar-refractivity contribution is 0.182. The molecule has 1 saturated heterocycles. The summed E-state index contributed by atoms with van der Waals surface area (Å²) in [6, 6.07) is 8.54. The summed E-state index contributed by atoms with van der Waals surface area (Å²) in [5.74, 6) is 0. The first-order valence-corrected chi connectivity index (χ1v) is 7.09. The number of hydrogen-bond donors (Lipinski definition) is 1. The SMILES string of the molecule is CN1CCC(N)(CCc2cccc(Br)c2)CC1. The molecule has 1 aliphatic rings. The standard InChI is InChI=1S/C14H21BrN2/c1-17-9-7-14(16,8-10-17)6-5-12-3-2-4-13(15)11-12/h2-4,11H,5-10,16H2,1H3. The predicted molar refractivity (Wildman–Crippen MR) is 76.1 cm³/mol.